The quantitative estimate of drug-likeness (QED) is 0.728. The molecule has 0 saturated heterocycles. The highest BCUT2D eigenvalue weighted by Crippen LogP contribution is 2.28. The third-order valence-electron chi connectivity index (χ3n) is 4.26. The van der Waals surface area contributed by atoms with E-state index >= 15 is 0 Å². The van der Waals surface area contributed by atoms with Crippen LogP contribution in [0.1, 0.15) is 38.4 Å². The van der Waals surface area contributed by atoms with Crippen LogP contribution in [0.5, 0.6) is 0 Å². The molecule has 0 atom stereocenters. The van der Waals surface area contributed by atoms with Gasteiger partial charge in [-0.15, -0.1) is 0 Å². The van der Waals surface area contributed by atoms with E-state index in [2.05, 4.69) is 22.5 Å². The Bertz CT molecular complexity index is 734. The lowest BCUT2D eigenvalue weighted by molar-refractivity contribution is -0.122. The summed E-state index contributed by atoms with van der Waals surface area (Å²) in [7, 11) is 0. The molecule has 1 fully saturated rings. The summed E-state index contributed by atoms with van der Waals surface area (Å²) in [6.07, 6.45) is 3.97. The molecule has 1 heterocycles. The van der Waals surface area contributed by atoms with Gasteiger partial charge in [0.25, 0.3) is 0 Å². The number of amides is 2. The summed E-state index contributed by atoms with van der Waals surface area (Å²) in [6, 6.07) is 7.73. The summed E-state index contributed by atoms with van der Waals surface area (Å²) in [4.78, 5) is 28.6. The minimum absolute atomic E-state index is 0.0265. The molecule has 2 N–H and O–H groups in total. The molecule has 1 aliphatic carbocycles. The van der Waals surface area contributed by atoms with E-state index in [-0.39, 0.29) is 24.3 Å². The molecule has 0 aliphatic heterocycles. The first-order valence-electron chi connectivity index (χ1n) is 8.67. The standard InChI is InChI=1S/C18H24N4O2/c1-2-3-10-19-17(23)12-22-15-7-5-4-6-14(15)21-16(22)11-20-18(24)13-8-9-13/h4-7,13H,2-3,8-12H2,1H3,(H,19,23)(H,20,24). The van der Waals surface area contributed by atoms with E-state index in [1.165, 1.54) is 0 Å². The Morgan fingerprint density at radius 2 is 2.04 bits per heavy atom. The Hall–Kier alpha value is -2.37. The second kappa shape index (κ2) is 7.47. The number of hydrogen-bond donors (Lipinski definition) is 2. The first-order chi connectivity index (χ1) is 11.7. The van der Waals surface area contributed by atoms with Crippen molar-refractivity contribution in [1.82, 2.24) is 20.2 Å². The van der Waals surface area contributed by atoms with Crippen molar-refractivity contribution in [2.24, 2.45) is 5.92 Å². The van der Waals surface area contributed by atoms with Crippen LogP contribution in [-0.2, 0) is 22.7 Å². The third-order valence-corrected chi connectivity index (χ3v) is 4.26. The molecule has 6 nitrogen and oxygen atoms in total. The van der Waals surface area contributed by atoms with Crippen LogP contribution in [0.15, 0.2) is 24.3 Å². The Balaban J connectivity index is 1.74. The zero-order chi connectivity index (χ0) is 16.9. The zero-order valence-corrected chi connectivity index (χ0v) is 14.0. The van der Waals surface area contributed by atoms with Crippen LogP contribution in [0.3, 0.4) is 0 Å². The van der Waals surface area contributed by atoms with Crippen LogP contribution in [0.2, 0.25) is 0 Å². The molecule has 128 valence electrons. The monoisotopic (exact) mass is 328 g/mol. The number of aromatic nitrogens is 2. The Morgan fingerprint density at radius 3 is 2.79 bits per heavy atom. The van der Waals surface area contributed by atoms with Gasteiger partial charge in [0.2, 0.25) is 11.8 Å². The van der Waals surface area contributed by atoms with E-state index in [9.17, 15) is 9.59 Å². The molecule has 1 aromatic carbocycles. The number of nitrogens with zero attached hydrogens (tertiary/aromatic N) is 2. The van der Waals surface area contributed by atoms with Gasteiger partial charge in [-0.3, -0.25) is 9.59 Å². The van der Waals surface area contributed by atoms with E-state index < -0.39 is 0 Å². The fourth-order valence-electron chi connectivity index (χ4n) is 2.70. The Labute approximate surface area is 141 Å². The van der Waals surface area contributed by atoms with Crippen molar-refractivity contribution in [1.29, 1.82) is 0 Å². The lowest BCUT2D eigenvalue weighted by atomic mass is 10.3. The first kappa shape index (κ1) is 16.5. The summed E-state index contributed by atoms with van der Waals surface area (Å²) in [6.45, 7) is 3.36. The number of carbonyl (C=O) groups is 2. The number of carbonyl (C=O) groups excluding carboxylic acids is 2. The van der Waals surface area contributed by atoms with Crippen molar-refractivity contribution < 1.29 is 9.59 Å². The van der Waals surface area contributed by atoms with E-state index in [1.54, 1.807) is 0 Å². The van der Waals surface area contributed by atoms with E-state index in [0.29, 0.717) is 13.1 Å². The van der Waals surface area contributed by atoms with Gasteiger partial charge in [0, 0.05) is 12.5 Å². The Morgan fingerprint density at radius 1 is 1.25 bits per heavy atom. The fourth-order valence-corrected chi connectivity index (χ4v) is 2.70. The van der Waals surface area contributed by atoms with Gasteiger partial charge in [-0.25, -0.2) is 4.98 Å². The Kier molecular flexibility index (Phi) is 5.13. The normalized spacial score (nSPS) is 13.9. The smallest absolute Gasteiger partial charge is 0.240 e. The number of imidazole rings is 1. The lowest BCUT2D eigenvalue weighted by Crippen LogP contribution is -2.30. The SMILES string of the molecule is CCCCNC(=O)Cn1c(CNC(=O)C2CC2)nc2ccccc21. The maximum atomic E-state index is 12.2. The second-order valence-corrected chi connectivity index (χ2v) is 6.30. The van der Waals surface area contributed by atoms with Gasteiger partial charge < -0.3 is 15.2 Å². The topological polar surface area (TPSA) is 76.0 Å². The summed E-state index contributed by atoms with van der Waals surface area (Å²) in [5.74, 6) is 0.943. The van der Waals surface area contributed by atoms with Gasteiger partial charge in [0.15, 0.2) is 0 Å². The number of rotatable bonds is 8. The lowest BCUT2D eigenvalue weighted by Gasteiger charge is -2.10. The molecule has 1 saturated carbocycles. The second-order valence-electron chi connectivity index (χ2n) is 6.30. The highest BCUT2D eigenvalue weighted by atomic mass is 16.2. The van der Waals surface area contributed by atoms with Crippen LogP contribution >= 0.6 is 0 Å². The van der Waals surface area contributed by atoms with E-state index in [0.717, 1.165) is 42.5 Å². The minimum Gasteiger partial charge on any atom is -0.355 e. The summed E-state index contributed by atoms with van der Waals surface area (Å²) >= 11 is 0. The third kappa shape index (κ3) is 3.93. The van der Waals surface area contributed by atoms with Crippen molar-refractivity contribution in [3.8, 4) is 0 Å². The first-order valence-corrected chi connectivity index (χ1v) is 8.67. The molecule has 2 aromatic rings. The van der Waals surface area contributed by atoms with Gasteiger partial charge >= 0.3 is 0 Å². The molecule has 1 aromatic heterocycles. The molecule has 6 heteroatoms. The largest absolute Gasteiger partial charge is 0.355 e. The molecule has 1 aliphatic rings. The van der Waals surface area contributed by atoms with Crippen LogP contribution in [-0.4, -0.2) is 27.9 Å². The van der Waals surface area contributed by atoms with Crippen molar-refractivity contribution in [2.45, 2.75) is 45.7 Å². The average Bonchev–Trinajstić information content (AvgIpc) is 3.37. The molecule has 0 bridgehead atoms. The zero-order valence-electron chi connectivity index (χ0n) is 14.0. The number of para-hydroxylation sites is 2. The average molecular weight is 328 g/mol. The number of benzene rings is 1. The van der Waals surface area contributed by atoms with Crippen LogP contribution < -0.4 is 10.6 Å². The maximum absolute atomic E-state index is 12.2. The number of nitrogens with one attached hydrogen (secondary N) is 2. The summed E-state index contributed by atoms with van der Waals surface area (Å²) in [5.41, 5.74) is 1.76. The van der Waals surface area contributed by atoms with E-state index in [4.69, 9.17) is 0 Å². The molecule has 0 radical (unpaired) electrons. The predicted octanol–water partition coefficient (Wildman–Crippen LogP) is 1.98. The summed E-state index contributed by atoms with van der Waals surface area (Å²) in [5, 5.41) is 5.87. The fraction of sp³-hybridized carbons (Fsp3) is 0.500. The van der Waals surface area contributed by atoms with Crippen LogP contribution in [0, 0.1) is 5.92 Å². The van der Waals surface area contributed by atoms with Gasteiger partial charge in [-0.2, -0.15) is 0 Å². The number of fused-ring (bicyclic) bond motifs is 1. The van der Waals surface area contributed by atoms with Crippen molar-refractivity contribution in [2.75, 3.05) is 6.54 Å². The van der Waals surface area contributed by atoms with Gasteiger partial charge in [-0.1, -0.05) is 25.5 Å². The van der Waals surface area contributed by atoms with Crippen LogP contribution in [0.25, 0.3) is 11.0 Å². The van der Waals surface area contributed by atoms with Gasteiger partial charge in [-0.05, 0) is 31.4 Å². The van der Waals surface area contributed by atoms with Crippen molar-refractivity contribution in [3.05, 3.63) is 30.1 Å². The van der Waals surface area contributed by atoms with Crippen molar-refractivity contribution >= 4 is 22.8 Å². The minimum atomic E-state index is -0.0265. The maximum Gasteiger partial charge on any atom is 0.240 e. The highest BCUT2D eigenvalue weighted by molar-refractivity contribution is 5.82. The molecule has 0 unspecified atom stereocenters. The summed E-state index contributed by atoms with van der Waals surface area (Å²) < 4.78 is 1.89. The van der Waals surface area contributed by atoms with Crippen LogP contribution in [0.4, 0.5) is 0 Å². The molecule has 0 spiro atoms. The molecular formula is C18H24N4O2. The van der Waals surface area contributed by atoms with E-state index in [1.807, 2.05) is 28.8 Å². The molecular weight excluding hydrogens is 304 g/mol. The number of unbranched alkanes of at least 4 members (excludes halogenated alkanes) is 1. The number of hydrogen-bond acceptors (Lipinski definition) is 3. The van der Waals surface area contributed by atoms with Crippen molar-refractivity contribution in [3.63, 3.8) is 0 Å². The van der Waals surface area contributed by atoms with Gasteiger partial charge in [0.05, 0.1) is 17.6 Å². The predicted molar refractivity (Wildman–Crippen MR) is 92.2 cm³/mol. The molecule has 3 rings (SSSR count). The molecule has 2 amide bonds. The molecule has 24 heavy (non-hydrogen) atoms. The highest BCUT2D eigenvalue weighted by Gasteiger charge is 2.29. The van der Waals surface area contributed by atoms with Gasteiger partial charge in [0.1, 0.15) is 12.4 Å².